The molecule has 0 bridgehead atoms. The molecule has 134 valence electrons. The van der Waals surface area contributed by atoms with Gasteiger partial charge in [-0.3, -0.25) is 9.59 Å². The van der Waals surface area contributed by atoms with E-state index >= 15 is 0 Å². The number of aromatic nitrogens is 2. The summed E-state index contributed by atoms with van der Waals surface area (Å²) in [7, 11) is 0. The van der Waals surface area contributed by atoms with Gasteiger partial charge in [-0.05, 0) is 24.6 Å². The Hall–Kier alpha value is -2.60. The minimum Gasteiger partial charge on any atom is -0.348 e. The van der Waals surface area contributed by atoms with E-state index in [1.54, 1.807) is 4.57 Å². The van der Waals surface area contributed by atoms with Gasteiger partial charge in [-0.15, -0.1) is 0 Å². The number of hydrogen-bond donors (Lipinski definition) is 0. The van der Waals surface area contributed by atoms with Crippen molar-refractivity contribution in [2.75, 3.05) is 6.54 Å². The second-order valence-corrected chi connectivity index (χ2v) is 7.39. The molecule has 6 heteroatoms. The average Bonchev–Trinajstić information content (AvgIpc) is 3.26. The summed E-state index contributed by atoms with van der Waals surface area (Å²) in [5.74, 6) is 0.0869. The van der Waals surface area contributed by atoms with Gasteiger partial charge in [0.15, 0.2) is 0 Å². The van der Waals surface area contributed by atoms with E-state index in [0.29, 0.717) is 19.5 Å². The van der Waals surface area contributed by atoms with Crippen molar-refractivity contribution in [3.8, 4) is 0 Å². The Morgan fingerprint density at radius 3 is 2.69 bits per heavy atom. The van der Waals surface area contributed by atoms with Crippen molar-refractivity contribution in [1.29, 1.82) is 0 Å². The number of thiazole rings is 1. The molecular weight excluding hydrogens is 346 g/mol. The third-order valence-electron chi connectivity index (χ3n) is 5.00. The fourth-order valence-electron chi connectivity index (χ4n) is 3.66. The van der Waals surface area contributed by atoms with Crippen LogP contribution >= 0.6 is 11.3 Å². The van der Waals surface area contributed by atoms with Crippen LogP contribution in [0.5, 0.6) is 0 Å². The zero-order chi connectivity index (χ0) is 18.1. The van der Waals surface area contributed by atoms with E-state index in [-0.39, 0.29) is 16.8 Å². The van der Waals surface area contributed by atoms with Crippen LogP contribution in [0.1, 0.15) is 29.4 Å². The molecule has 0 fully saturated rings. The highest BCUT2D eigenvalue weighted by atomic mass is 32.1. The summed E-state index contributed by atoms with van der Waals surface area (Å²) in [6, 6.07) is 14.2. The highest BCUT2D eigenvalue weighted by Gasteiger charge is 2.31. The normalized spacial score (nSPS) is 16.5. The molecule has 0 spiro atoms. The third-order valence-corrected chi connectivity index (χ3v) is 5.88. The number of carbonyl (C=O) groups excluding carboxylic acids is 1. The van der Waals surface area contributed by atoms with Crippen molar-refractivity contribution >= 4 is 17.2 Å². The van der Waals surface area contributed by atoms with Crippen molar-refractivity contribution in [3.05, 3.63) is 80.7 Å². The number of nitrogens with zero attached hydrogens (tertiary/aromatic N) is 3. The molecule has 5 nitrogen and oxygen atoms in total. The molecule has 1 aromatic carbocycles. The summed E-state index contributed by atoms with van der Waals surface area (Å²) >= 11 is 1.19. The Balaban J connectivity index is 1.60. The summed E-state index contributed by atoms with van der Waals surface area (Å²) < 4.78 is 3.90. The van der Waals surface area contributed by atoms with Gasteiger partial charge in [0.05, 0.1) is 6.04 Å². The fourth-order valence-corrected chi connectivity index (χ4v) is 4.42. The van der Waals surface area contributed by atoms with Crippen molar-refractivity contribution < 1.29 is 4.79 Å². The van der Waals surface area contributed by atoms with Gasteiger partial charge in [0.1, 0.15) is 0 Å². The maximum absolute atomic E-state index is 13.0. The molecule has 0 saturated carbocycles. The van der Waals surface area contributed by atoms with E-state index in [1.165, 1.54) is 11.3 Å². The van der Waals surface area contributed by atoms with Crippen molar-refractivity contribution in [3.63, 3.8) is 0 Å². The number of rotatable bonds is 4. The van der Waals surface area contributed by atoms with Crippen LogP contribution in [0.25, 0.3) is 0 Å². The molecule has 26 heavy (non-hydrogen) atoms. The first-order chi connectivity index (χ1) is 12.6. The molecule has 1 aliphatic rings. The van der Waals surface area contributed by atoms with E-state index < -0.39 is 0 Å². The number of benzene rings is 1. The highest BCUT2D eigenvalue weighted by Crippen LogP contribution is 2.32. The van der Waals surface area contributed by atoms with Crippen LogP contribution in [0, 0.1) is 6.92 Å². The SMILES string of the molecule is Cc1csc(=O)n1CCC(=O)N1CCn2cccc2C1c1ccccc1. The molecule has 0 aliphatic carbocycles. The highest BCUT2D eigenvalue weighted by molar-refractivity contribution is 7.07. The standard InChI is InChI=1S/C20H21N3O2S/c1-15-14-26-20(25)22(15)11-9-18(24)23-13-12-21-10-5-8-17(21)19(23)16-6-3-2-4-7-16/h2-8,10,14,19H,9,11-13H2,1H3. The van der Waals surface area contributed by atoms with E-state index in [1.807, 2.05) is 41.5 Å². The lowest BCUT2D eigenvalue weighted by molar-refractivity contribution is -0.134. The van der Waals surface area contributed by atoms with Crippen LogP contribution < -0.4 is 4.87 Å². The Kier molecular flexibility index (Phi) is 4.51. The predicted octanol–water partition coefficient (Wildman–Crippen LogP) is 3.04. The van der Waals surface area contributed by atoms with Crippen LogP contribution in [0.4, 0.5) is 0 Å². The summed E-state index contributed by atoms with van der Waals surface area (Å²) in [6.45, 7) is 3.82. The first kappa shape index (κ1) is 16.8. The number of amides is 1. The molecule has 0 radical (unpaired) electrons. The monoisotopic (exact) mass is 367 g/mol. The maximum Gasteiger partial charge on any atom is 0.307 e. The van der Waals surface area contributed by atoms with Crippen molar-refractivity contribution in [1.82, 2.24) is 14.0 Å². The van der Waals surface area contributed by atoms with E-state index in [9.17, 15) is 9.59 Å². The molecule has 2 aromatic heterocycles. The number of fused-ring (bicyclic) bond motifs is 1. The quantitative estimate of drug-likeness (QED) is 0.712. The maximum atomic E-state index is 13.0. The lowest BCUT2D eigenvalue weighted by Gasteiger charge is -2.37. The van der Waals surface area contributed by atoms with Gasteiger partial charge >= 0.3 is 4.87 Å². The van der Waals surface area contributed by atoms with Gasteiger partial charge in [0.2, 0.25) is 5.91 Å². The molecular formula is C20H21N3O2S. The van der Waals surface area contributed by atoms with Gasteiger partial charge in [-0.1, -0.05) is 41.7 Å². The predicted molar refractivity (Wildman–Crippen MR) is 102 cm³/mol. The van der Waals surface area contributed by atoms with E-state index in [4.69, 9.17) is 0 Å². The topological polar surface area (TPSA) is 47.2 Å². The van der Waals surface area contributed by atoms with E-state index in [2.05, 4.69) is 29.0 Å². The van der Waals surface area contributed by atoms with Gasteiger partial charge in [0, 0.05) is 49.0 Å². The summed E-state index contributed by atoms with van der Waals surface area (Å²) in [6.07, 6.45) is 2.41. The first-order valence-electron chi connectivity index (χ1n) is 8.79. The average molecular weight is 367 g/mol. The minimum atomic E-state index is -0.0762. The fraction of sp³-hybridized carbons (Fsp3) is 0.300. The number of aryl methyl sites for hydroxylation is 1. The number of hydrogen-bond acceptors (Lipinski definition) is 3. The van der Waals surface area contributed by atoms with Crippen LogP contribution in [-0.2, 0) is 17.9 Å². The van der Waals surface area contributed by atoms with Gasteiger partial charge < -0.3 is 14.0 Å². The van der Waals surface area contributed by atoms with Crippen LogP contribution in [-0.4, -0.2) is 26.5 Å². The summed E-state index contributed by atoms with van der Waals surface area (Å²) in [5.41, 5.74) is 3.17. The molecule has 0 saturated heterocycles. The minimum absolute atomic E-state index is 0.00225. The van der Waals surface area contributed by atoms with Crippen molar-refractivity contribution in [2.24, 2.45) is 0 Å². The molecule has 3 heterocycles. The zero-order valence-corrected chi connectivity index (χ0v) is 15.5. The smallest absolute Gasteiger partial charge is 0.307 e. The first-order valence-corrected chi connectivity index (χ1v) is 9.67. The van der Waals surface area contributed by atoms with Crippen LogP contribution in [0.15, 0.2) is 58.8 Å². The molecule has 1 atom stereocenters. The zero-order valence-electron chi connectivity index (χ0n) is 14.7. The largest absolute Gasteiger partial charge is 0.348 e. The Morgan fingerprint density at radius 2 is 1.96 bits per heavy atom. The second kappa shape index (κ2) is 6.96. The molecule has 0 N–H and O–H groups in total. The van der Waals surface area contributed by atoms with Gasteiger partial charge in [0.25, 0.3) is 0 Å². The van der Waals surface area contributed by atoms with E-state index in [0.717, 1.165) is 23.5 Å². The molecule has 4 rings (SSSR count). The second-order valence-electron chi connectivity index (χ2n) is 6.57. The Morgan fingerprint density at radius 1 is 1.15 bits per heavy atom. The van der Waals surface area contributed by atoms with Crippen LogP contribution in [0.3, 0.4) is 0 Å². The Labute approximate surface area is 156 Å². The van der Waals surface area contributed by atoms with Crippen LogP contribution in [0.2, 0.25) is 0 Å². The number of carbonyl (C=O) groups is 1. The lowest BCUT2D eigenvalue weighted by atomic mass is 9.99. The molecule has 1 amide bonds. The summed E-state index contributed by atoms with van der Waals surface area (Å²) in [5, 5.41) is 1.84. The van der Waals surface area contributed by atoms with Gasteiger partial charge in [-0.2, -0.15) is 0 Å². The third kappa shape index (κ3) is 3.01. The summed E-state index contributed by atoms with van der Waals surface area (Å²) in [4.78, 5) is 26.9. The van der Waals surface area contributed by atoms with Crippen molar-refractivity contribution in [2.45, 2.75) is 32.5 Å². The molecule has 1 aliphatic heterocycles. The molecule has 1 unspecified atom stereocenters. The molecule has 3 aromatic rings. The lowest BCUT2D eigenvalue weighted by Crippen LogP contribution is -2.42. The Bertz CT molecular complexity index is 970. The van der Waals surface area contributed by atoms with Gasteiger partial charge in [-0.25, -0.2) is 0 Å².